The van der Waals surface area contributed by atoms with Crippen LogP contribution in [0.5, 0.6) is 0 Å². The summed E-state index contributed by atoms with van der Waals surface area (Å²) in [6.07, 6.45) is 0. The van der Waals surface area contributed by atoms with E-state index in [4.69, 9.17) is 20.8 Å². The second kappa shape index (κ2) is 6.94. The molecule has 0 aliphatic carbocycles. The van der Waals surface area contributed by atoms with Gasteiger partial charge in [0.2, 0.25) is 0 Å². The first kappa shape index (κ1) is 16.5. The molecule has 0 saturated carbocycles. The van der Waals surface area contributed by atoms with Crippen LogP contribution in [-0.2, 0) is 16.1 Å². The van der Waals surface area contributed by atoms with Crippen LogP contribution in [0.3, 0.4) is 0 Å². The normalized spacial score (nSPS) is 11.1. The maximum Gasteiger partial charge on any atom is 0.336 e. The van der Waals surface area contributed by atoms with Gasteiger partial charge >= 0.3 is 11.6 Å². The zero-order valence-electron chi connectivity index (χ0n) is 12.8. The Bertz CT molecular complexity index is 754. The molecule has 0 aliphatic rings. The molecule has 0 atom stereocenters. The number of fused-ring (bicyclic) bond motifs is 1. The van der Waals surface area contributed by atoms with Gasteiger partial charge in [0.25, 0.3) is 0 Å². The highest BCUT2D eigenvalue weighted by atomic mass is 35.5. The molecule has 2 rings (SSSR count). The van der Waals surface area contributed by atoms with Crippen molar-refractivity contribution in [3.8, 4) is 0 Å². The largest absolute Gasteiger partial charge is 0.465 e. The molecule has 0 aliphatic heterocycles. The summed E-state index contributed by atoms with van der Waals surface area (Å²) in [5.74, 6) is -0.300. The maximum atomic E-state index is 11.7. The summed E-state index contributed by atoms with van der Waals surface area (Å²) in [6, 6.07) is 4.95. The highest BCUT2D eigenvalue weighted by Gasteiger charge is 2.12. The van der Waals surface area contributed by atoms with Crippen molar-refractivity contribution < 1.29 is 13.9 Å². The van der Waals surface area contributed by atoms with Crippen molar-refractivity contribution in [2.75, 3.05) is 20.2 Å². The Kier molecular flexibility index (Phi) is 5.21. The Morgan fingerprint density at radius 1 is 1.36 bits per heavy atom. The second-order valence-electron chi connectivity index (χ2n) is 5.17. The minimum absolute atomic E-state index is 0.148. The zero-order chi connectivity index (χ0) is 16.3. The number of rotatable bonds is 5. The van der Waals surface area contributed by atoms with E-state index in [0.29, 0.717) is 23.8 Å². The number of hydrogen-bond acceptors (Lipinski definition) is 5. The average molecular weight is 324 g/mol. The number of esters is 1. The van der Waals surface area contributed by atoms with Crippen molar-refractivity contribution in [1.29, 1.82) is 0 Å². The number of hydrogen-bond donors (Lipinski definition) is 0. The summed E-state index contributed by atoms with van der Waals surface area (Å²) in [5, 5.41) is 1.38. The fraction of sp³-hybridized carbons (Fsp3) is 0.375. The van der Waals surface area contributed by atoms with Crippen molar-refractivity contribution in [1.82, 2.24) is 4.90 Å². The minimum Gasteiger partial charge on any atom is -0.465 e. The van der Waals surface area contributed by atoms with E-state index in [0.717, 1.165) is 16.5 Å². The van der Waals surface area contributed by atoms with Gasteiger partial charge in [-0.2, -0.15) is 0 Å². The van der Waals surface area contributed by atoms with Gasteiger partial charge in [-0.1, -0.05) is 11.6 Å². The lowest BCUT2D eigenvalue weighted by Gasteiger charge is -2.16. The lowest BCUT2D eigenvalue weighted by atomic mass is 10.1. The van der Waals surface area contributed by atoms with Gasteiger partial charge in [0.1, 0.15) is 5.58 Å². The second-order valence-corrected chi connectivity index (χ2v) is 5.57. The Hall–Kier alpha value is -1.85. The summed E-state index contributed by atoms with van der Waals surface area (Å²) >= 11 is 6.15. The molecule has 6 heteroatoms. The third-order valence-electron chi connectivity index (χ3n) is 3.25. The number of nitrogens with zero attached hydrogens (tertiary/aromatic N) is 1. The van der Waals surface area contributed by atoms with E-state index in [1.807, 2.05) is 6.92 Å². The predicted molar refractivity (Wildman–Crippen MR) is 85.2 cm³/mol. The van der Waals surface area contributed by atoms with Crippen LogP contribution < -0.4 is 5.63 Å². The van der Waals surface area contributed by atoms with E-state index in [1.165, 1.54) is 6.07 Å². The fourth-order valence-electron chi connectivity index (χ4n) is 2.25. The van der Waals surface area contributed by atoms with Gasteiger partial charge < -0.3 is 9.15 Å². The summed E-state index contributed by atoms with van der Waals surface area (Å²) in [5.41, 5.74) is 1.68. The van der Waals surface area contributed by atoms with Gasteiger partial charge in [-0.3, -0.25) is 9.69 Å². The van der Waals surface area contributed by atoms with Gasteiger partial charge in [-0.15, -0.1) is 0 Å². The molecule has 0 N–H and O–H groups in total. The SMILES string of the molecule is CCOC(=O)CN(C)Cc1cc(=O)oc2cc(C)c(Cl)cc12. The molecule has 118 valence electrons. The Morgan fingerprint density at radius 2 is 2.09 bits per heavy atom. The monoisotopic (exact) mass is 323 g/mol. The smallest absolute Gasteiger partial charge is 0.336 e. The molecule has 1 heterocycles. The molecular formula is C16H18ClNO4. The lowest BCUT2D eigenvalue weighted by molar-refractivity contribution is -0.144. The van der Waals surface area contributed by atoms with E-state index in [-0.39, 0.29) is 12.5 Å². The standard InChI is InChI=1S/C16H18ClNO4/c1-4-21-16(20)9-18(3)8-11-6-15(19)22-14-5-10(2)13(17)7-12(11)14/h5-7H,4,8-9H2,1-3H3. The van der Waals surface area contributed by atoms with Gasteiger partial charge in [-0.25, -0.2) is 4.79 Å². The van der Waals surface area contributed by atoms with Gasteiger partial charge in [0.15, 0.2) is 0 Å². The number of aryl methyl sites for hydroxylation is 1. The number of halogens is 1. The molecule has 5 nitrogen and oxygen atoms in total. The van der Waals surface area contributed by atoms with Gasteiger partial charge in [0, 0.05) is 23.0 Å². The first-order valence-electron chi connectivity index (χ1n) is 6.97. The highest BCUT2D eigenvalue weighted by molar-refractivity contribution is 6.32. The van der Waals surface area contributed by atoms with Crippen LogP contribution in [0.15, 0.2) is 27.4 Å². The number of carbonyl (C=O) groups excluding carboxylic acids is 1. The van der Waals surface area contributed by atoms with Gasteiger partial charge in [0.05, 0.1) is 13.2 Å². The number of carbonyl (C=O) groups is 1. The lowest BCUT2D eigenvalue weighted by Crippen LogP contribution is -2.27. The molecule has 0 spiro atoms. The Labute approximate surface area is 133 Å². The van der Waals surface area contributed by atoms with Crippen molar-refractivity contribution in [2.24, 2.45) is 0 Å². The molecule has 1 aromatic carbocycles. The minimum atomic E-state index is -0.422. The van der Waals surface area contributed by atoms with E-state index < -0.39 is 5.63 Å². The fourth-order valence-corrected chi connectivity index (χ4v) is 2.42. The van der Waals surface area contributed by atoms with Crippen molar-refractivity contribution in [3.63, 3.8) is 0 Å². The van der Waals surface area contributed by atoms with E-state index in [9.17, 15) is 9.59 Å². The first-order chi connectivity index (χ1) is 10.4. The van der Waals surface area contributed by atoms with Crippen LogP contribution in [0.2, 0.25) is 5.02 Å². The maximum absolute atomic E-state index is 11.7. The van der Waals surface area contributed by atoms with Crippen LogP contribution in [0.25, 0.3) is 11.0 Å². The molecule has 22 heavy (non-hydrogen) atoms. The highest BCUT2D eigenvalue weighted by Crippen LogP contribution is 2.25. The molecule has 0 amide bonds. The van der Waals surface area contributed by atoms with Crippen LogP contribution in [0.1, 0.15) is 18.1 Å². The van der Waals surface area contributed by atoms with Crippen LogP contribution in [-0.4, -0.2) is 31.1 Å². The van der Waals surface area contributed by atoms with Crippen LogP contribution >= 0.6 is 11.6 Å². The molecule has 0 fully saturated rings. The summed E-state index contributed by atoms with van der Waals surface area (Å²) in [7, 11) is 1.78. The molecule has 2 aromatic rings. The summed E-state index contributed by atoms with van der Waals surface area (Å²) < 4.78 is 10.1. The summed E-state index contributed by atoms with van der Waals surface area (Å²) in [4.78, 5) is 25.0. The Balaban J connectivity index is 2.32. The predicted octanol–water partition coefficient (Wildman–Crippen LogP) is 2.75. The average Bonchev–Trinajstić information content (AvgIpc) is 2.41. The molecule has 0 unspecified atom stereocenters. The molecule has 0 saturated heterocycles. The molecular weight excluding hydrogens is 306 g/mol. The molecule has 0 radical (unpaired) electrons. The van der Waals surface area contributed by atoms with E-state index in [2.05, 4.69) is 0 Å². The van der Waals surface area contributed by atoms with Gasteiger partial charge in [-0.05, 0) is 44.2 Å². The van der Waals surface area contributed by atoms with E-state index in [1.54, 1.807) is 31.0 Å². The van der Waals surface area contributed by atoms with Crippen LogP contribution in [0, 0.1) is 6.92 Å². The zero-order valence-corrected chi connectivity index (χ0v) is 13.6. The number of benzene rings is 1. The Morgan fingerprint density at radius 3 is 2.77 bits per heavy atom. The number of ether oxygens (including phenoxy) is 1. The molecule has 0 bridgehead atoms. The third kappa shape index (κ3) is 3.87. The first-order valence-corrected chi connectivity index (χ1v) is 7.35. The van der Waals surface area contributed by atoms with E-state index >= 15 is 0 Å². The third-order valence-corrected chi connectivity index (χ3v) is 3.66. The topological polar surface area (TPSA) is 59.8 Å². The summed E-state index contributed by atoms with van der Waals surface area (Å²) in [6.45, 7) is 4.52. The van der Waals surface area contributed by atoms with Crippen LogP contribution in [0.4, 0.5) is 0 Å². The van der Waals surface area contributed by atoms with Crippen molar-refractivity contribution in [2.45, 2.75) is 20.4 Å². The van der Waals surface area contributed by atoms with Crippen molar-refractivity contribution >= 4 is 28.5 Å². The quantitative estimate of drug-likeness (QED) is 0.625. The van der Waals surface area contributed by atoms with Crippen molar-refractivity contribution in [3.05, 3.63) is 44.8 Å². The molecule has 1 aromatic heterocycles. The number of likely N-dealkylation sites (N-methyl/N-ethyl adjacent to an activating group) is 1.